The number of rotatable bonds is 4. The van der Waals surface area contributed by atoms with Crippen molar-refractivity contribution in [3.63, 3.8) is 0 Å². The summed E-state index contributed by atoms with van der Waals surface area (Å²) < 4.78 is 0. The lowest BCUT2D eigenvalue weighted by Gasteiger charge is -2.16. The Bertz CT molecular complexity index is 375. The molecule has 4 N–H and O–H groups in total. The van der Waals surface area contributed by atoms with Gasteiger partial charge in [0.1, 0.15) is 10.7 Å². The molecule has 1 atom stereocenters. The highest BCUT2D eigenvalue weighted by molar-refractivity contribution is 7.18. The molecule has 1 unspecified atom stereocenters. The number of nitrogens with one attached hydrogen (secondary N) is 2. The number of hydrogen-bond donors (Lipinski definition) is 3. The maximum atomic E-state index is 11.9. The van der Waals surface area contributed by atoms with Crippen LogP contribution in [0.4, 0.5) is 10.9 Å². The molecule has 0 aliphatic rings. The maximum absolute atomic E-state index is 11.9. The predicted octanol–water partition coefficient (Wildman–Crippen LogP) is 1.54. The summed E-state index contributed by atoms with van der Waals surface area (Å²) in [5, 5.41) is 6.42. The normalized spacial score (nSPS) is 12.6. The maximum Gasteiger partial charge on any atom is 0.265 e. The van der Waals surface area contributed by atoms with Crippen LogP contribution in [0.2, 0.25) is 0 Å². The van der Waals surface area contributed by atoms with Gasteiger partial charge in [-0.25, -0.2) is 4.98 Å². The Morgan fingerprint density at radius 3 is 2.50 bits per heavy atom. The second-order valence-corrected chi connectivity index (χ2v) is 4.99. The number of anilines is 2. The zero-order valence-corrected chi connectivity index (χ0v) is 10.8. The van der Waals surface area contributed by atoms with Gasteiger partial charge in [0.05, 0.1) is 0 Å². The first-order valence-corrected chi connectivity index (χ1v) is 6.02. The second-order valence-electron chi connectivity index (χ2n) is 3.99. The lowest BCUT2D eigenvalue weighted by molar-refractivity contribution is 0.0935. The fourth-order valence-electron chi connectivity index (χ4n) is 1.04. The van der Waals surface area contributed by atoms with E-state index in [0.717, 1.165) is 0 Å². The highest BCUT2D eigenvalue weighted by Crippen LogP contribution is 2.24. The van der Waals surface area contributed by atoms with Gasteiger partial charge in [0.25, 0.3) is 5.91 Å². The van der Waals surface area contributed by atoms with E-state index >= 15 is 0 Å². The number of hydrogen-bond acceptors (Lipinski definition) is 5. The zero-order valence-electron chi connectivity index (χ0n) is 10.00. The number of amides is 1. The number of carbonyl (C=O) groups is 1. The minimum Gasteiger partial charge on any atom is -0.382 e. The van der Waals surface area contributed by atoms with Crippen molar-refractivity contribution in [3.8, 4) is 0 Å². The molecule has 5 nitrogen and oxygen atoms in total. The van der Waals surface area contributed by atoms with Gasteiger partial charge in [0, 0.05) is 13.1 Å². The van der Waals surface area contributed by atoms with Crippen LogP contribution in [0.5, 0.6) is 0 Å². The first-order valence-electron chi connectivity index (χ1n) is 5.20. The largest absolute Gasteiger partial charge is 0.382 e. The first-order chi connectivity index (χ1) is 7.45. The number of thiazole rings is 1. The topological polar surface area (TPSA) is 80.0 Å². The highest BCUT2D eigenvalue weighted by Gasteiger charge is 2.18. The molecule has 0 bridgehead atoms. The first kappa shape index (κ1) is 12.8. The zero-order chi connectivity index (χ0) is 12.3. The van der Waals surface area contributed by atoms with Crippen molar-refractivity contribution < 1.29 is 4.79 Å². The van der Waals surface area contributed by atoms with Gasteiger partial charge in [-0.3, -0.25) is 4.79 Å². The molecule has 6 heteroatoms. The van der Waals surface area contributed by atoms with Crippen LogP contribution in [0.1, 0.15) is 30.4 Å². The van der Waals surface area contributed by atoms with Crippen LogP contribution in [0.25, 0.3) is 0 Å². The van der Waals surface area contributed by atoms with Crippen molar-refractivity contribution in [3.05, 3.63) is 4.88 Å². The van der Waals surface area contributed by atoms with Crippen LogP contribution < -0.4 is 16.4 Å². The van der Waals surface area contributed by atoms with Crippen molar-refractivity contribution >= 4 is 28.2 Å². The number of carbonyl (C=O) groups excluding carboxylic acids is 1. The van der Waals surface area contributed by atoms with Gasteiger partial charge >= 0.3 is 0 Å². The molecule has 1 aromatic heterocycles. The molecule has 0 spiro atoms. The Balaban J connectivity index is 2.76. The van der Waals surface area contributed by atoms with Gasteiger partial charge in [0.15, 0.2) is 5.13 Å². The number of aromatic nitrogens is 1. The molecule has 0 radical (unpaired) electrons. The van der Waals surface area contributed by atoms with Crippen LogP contribution in [-0.4, -0.2) is 24.0 Å². The van der Waals surface area contributed by atoms with Crippen molar-refractivity contribution in [2.75, 3.05) is 18.1 Å². The standard InChI is InChI=1S/C10H18N4OS/c1-5(2)6(3)13-9(15)7-8(11)14-10(12-4)16-7/h5-6H,11H2,1-4H3,(H,12,14)(H,13,15). The summed E-state index contributed by atoms with van der Waals surface area (Å²) in [5.74, 6) is 0.516. The van der Waals surface area contributed by atoms with E-state index in [4.69, 9.17) is 5.73 Å². The Morgan fingerprint density at radius 2 is 2.06 bits per heavy atom. The third kappa shape index (κ3) is 2.85. The lowest BCUT2D eigenvalue weighted by Crippen LogP contribution is -2.35. The second kappa shape index (κ2) is 5.16. The van der Waals surface area contributed by atoms with E-state index < -0.39 is 0 Å². The molecule has 0 saturated carbocycles. The molecule has 1 aromatic rings. The average Bonchev–Trinajstić information content (AvgIpc) is 2.59. The molecule has 90 valence electrons. The minimum absolute atomic E-state index is 0.118. The molecule has 0 aliphatic carbocycles. The molecule has 1 amide bonds. The molecule has 0 saturated heterocycles. The van der Waals surface area contributed by atoms with E-state index in [0.29, 0.717) is 15.9 Å². The Morgan fingerprint density at radius 1 is 1.44 bits per heavy atom. The van der Waals surface area contributed by atoms with Crippen molar-refractivity contribution in [1.82, 2.24) is 10.3 Å². The van der Waals surface area contributed by atoms with E-state index in [1.807, 2.05) is 6.92 Å². The summed E-state index contributed by atoms with van der Waals surface area (Å²) in [4.78, 5) is 16.4. The van der Waals surface area contributed by atoms with Gasteiger partial charge in [-0.05, 0) is 12.8 Å². The fourth-order valence-corrected chi connectivity index (χ4v) is 1.78. The highest BCUT2D eigenvalue weighted by atomic mass is 32.1. The summed E-state index contributed by atoms with van der Waals surface area (Å²) in [6, 6.07) is 0.118. The van der Waals surface area contributed by atoms with Gasteiger partial charge in [-0.1, -0.05) is 25.2 Å². The molecule has 1 rings (SSSR count). The van der Waals surface area contributed by atoms with Crippen molar-refractivity contribution in [1.29, 1.82) is 0 Å². The van der Waals surface area contributed by atoms with E-state index in [9.17, 15) is 4.79 Å². The van der Waals surface area contributed by atoms with Crippen molar-refractivity contribution in [2.24, 2.45) is 5.92 Å². The van der Waals surface area contributed by atoms with Crippen LogP contribution >= 0.6 is 11.3 Å². The summed E-state index contributed by atoms with van der Waals surface area (Å²) in [6.07, 6.45) is 0. The molecular weight excluding hydrogens is 224 g/mol. The molecule has 16 heavy (non-hydrogen) atoms. The molecular formula is C10H18N4OS. The summed E-state index contributed by atoms with van der Waals surface area (Å²) in [6.45, 7) is 6.08. The third-order valence-corrected chi connectivity index (χ3v) is 3.52. The number of nitrogen functional groups attached to an aromatic ring is 1. The summed E-state index contributed by atoms with van der Waals surface area (Å²) >= 11 is 1.26. The fraction of sp³-hybridized carbons (Fsp3) is 0.600. The Kier molecular flexibility index (Phi) is 4.12. The van der Waals surface area contributed by atoms with E-state index in [1.165, 1.54) is 11.3 Å². The lowest BCUT2D eigenvalue weighted by atomic mass is 10.1. The predicted molar refractivity (Wildman–Crippen MR) is 67.8 cm³/mol. The van der Waals surface area contributed by atoms with Crippen LogP contribution in [-0.2, 0) is 0 Å². The quantitative estimate of drug-likeness (QED) is 0.748. The van der Waals surface area contributed by atoms with Crippen LogP contribution in [0.3, 0.4) is 0 Å². The molecule has 0 fully saturated rings. The van der Waals surface area contributed by atoms with Gasteiger partial charge < -0.3 is 16.4 Å². The SMILES string of the molecule is CNc1nc(N)c(C(=O)NC(C)C(C)C)s1. The van der Waals surface area contributed by atoms with Gasteiger partial charge in [-0.2, -0.15) is 0 Å². The summed E-state index contributed by atoms with van der Waals surface area (Å²) in [5.41, 5.74) is 5.67. The average molecular weight is 242 g/mol. The molecule has 0 aliphatic heterocycles. The minimum atomic E-state index is -0.155. The van der Waals surface area contributed by atoms with E-state index in [-0.39, 0.29) is 17.8 Å². The van der Waals surface area contributed by atoms with E-state index in [2.05, 4.69) is 29.5 Å². The van der Waals surface area contributed by atoms with Gasteiger partial charge in [0.2, 0.25) is 0 Å². The Hall–Kier alpha value is -1.30. The number of nitrogens with two attached hydrogens (primary N) is 1. The third-order valence-electron chi connectivity index (χ3n) is 2.43. The van der Waals surface area contributed by atoms with E-state index in [1.54, 1.807) is 7.05 Å². The van der Waals surface area contributed by atoms with Crippen LogP contribution in [0.15, 0.2) is 0 Å². The smallest absolute Gasteiger partial charge is 0.265 e. The van der Waals surface area contributed by atoms with Gasteiger partial charge in [-0.15, -0.1) is 0 Å². The van der Waals surface area contributed by atoms with Crippen molar-refractivity contribution in [2.45, 2.75) is 26.8 Å². The Labute approximate surface area is 99.4 Å². The number of nitrogens with zero attached hydrogens (tertiary/aromatic N) is 1. The van der Waals surface area contributed by atoms with Crippen LogP contribution in [0, 0.1) is 5.92 Å². The molecule has 1 heterocycles. The summed E-state index contributed by atoms with van der Waals surface area (Å²) in [7, 11) is 1.75. The molecule has 0 aromatic carbocycles. The monoisotopic (exact) mass is 242 g/mol.